The maximum atomic E-state index is 12.9. The molecule has 6 heteroatoms. The molecular formula is C17H14F2N4. The van der Waals surface area contributed by atoms with Crippen molar-refractivity contribution in [2.24, 2.45) is 11.8 Å². The first-order chi connectivity index (χ1) is 11.2. The van der Waals surface area contributed by atoms with E-state index in [-0.39, 0.29) is 5.92 Å². The smallest absolute Gasteiger partial charge is 0.242 e. The Kier molecular flexibility index (Phi) is 3.49. The topological polar surface area (TPSA) is 51.6 Å². The number of halogens is 2. The van der Waals surface area contributed by atoms with E-state index in [4.69, 9.17) is 0 Å². The van der Waals surface area contributed by atoms with Crippen LogP contribution in [-0.2, 0) is 0 Å². The Hall–Kier alpha value is -2.42. The van der Waals surface area contributed by atoms with Crippen molar-refractivity contribution in [3.05, 3.63) is 36.0 Å². The molecule has 0 radical (unpaired) electrons. The van der Waals surface area contributed by atoms with Gasteiger partial charge >= 0.3 is 0 Å². The summed E-state index contributed by atoms with van der Waals surface area (Å²) in [4.78, 5) is 7.92. The third kappa shape index (κ3) is 3.04. The van der Waals surface area contributed by atoms with Gasteiger partial charge in [0.1, 0.15) is 12.0 Å². The Morgan fingerprint density at radius 2 is 1.91 bits per heavy atom. The highest BCUT2D eigenvalue weighted by Crippen LogP contribution is 2.51. The maximum absolute atomic E-state index is 12.9. The van der Waals surface area contributed by atoms with Crippen molar-refractivity contribution in [2.75, 3.05) is 0 Å². The van der Waals surface area contributed by atoms with Gasteiger partial charge in [0, 0.05) is 29.8 Å². The molecule has 2 atom stereocenters. The summed E-state index contributed by atoms with van der Waals surface area (Å²) in [5.41, 5.74) is 2.62. The van der Waals surface area contributed by atoms with Crippen LogP contribution in [0.25, 0.3) is 11.3 Å². The fraction of sp³-hybridized carbons (Fsp3) is 0.412. The molecule has 4 nitrogen and oxygen atoms in total. The van der Waals surface area contributed by atoms with E-state index in [0.717, 1.165) is 24.0 Å². The highest BCUT2D eigenvalue weighted by molar-refractivity contribution is 5.59. The monoisotopic (exact) mass is 312 g/mol. The predicted octanol–water partition coefficient (Wildman–Crippen LogP) is 3.06. The van der Waals surface area contributed by atoms with Gasteiger partial charge in [-0.1, -0.05) is 5.92 Å². The van der Waals surface area contributed by atoms with E-state index < -0.39 is 12.3 Å². The first-order valence-electron chi connectivity index (χ1n) is 7.65. The van der Waals surface area contributed by atoms with Crippen molar-refractivity contribution >= 4 is 0 Å². The summed E-state index contributed by atoms with van der Waals surface area (Å²) >= 11 is 0. The molecule has 0 amide bonds. The van der Waals surface area contributed by atoms with Crippen molar-refractivity contribution in [1.29, 1.82) is 0 Å². The van der Waals surface area contributed by atoms with Crippen LogP contribution in [0.4, 0.5) is 8.78 Å². The minimum absolute atomic E-state index is 0.183. The van der Waals surface area contributed by atoms with Gasteiger partial charge in [0.05, 0.1) is 5.69 Å². The van der Waals surface area contributed by atoms with Crippen LogP contribution in [0, 0.1) is 23.7 Å². The number of rotatable bonds is 3. The normalized spacial score (nSPS) is 22.6. The summed E-state index contributed by atoms with van der Waals surface area (Å²) in [6.07, 6.45) is 5.09. The van der Waals surface area contributed by atoms with E-state index in [9.17, 15) is 8.78 Å². The zero-order chi connectivity index (χ0) is 15.8. The Labute approximate surface area is 132 Å². The number of hydrogen-bond acceptors (Lipinski definition) is 4. The second-order valence-electron chi connectivity index (χ2n) is 6.04. The van der Waals surface area contributed by atoms with Crippen LogP contribution in [0.3, 0.4) is 0 Å². The molecule has 2 saturated carbocycles. The largest absolute Gasteiger partial charge is 0.244 e. The molecule has 2 heterocycles. The highest BCUT2D eigenvalue weighted by atomic mass is 19.3. The van der Waals surface area contributed by atoms with E-state index in [0.29, 0.717) is 23.7 Å². The molecule has 4 rings (SSSR count). The highest BCUT2D eigenvalue weighted by Gasteiger charge is 2.46. The first-order valence-corrected chi connectivity index (χ1v) is 7.65. The second kappa shape index (κ2) is 5.65. The first kappa shape index (κ1) is 14.2. The van der Waals surface area contributed by atoms with Crippen LogP contribution in [0.15, 0.2) is 24.8 Å². The molecule has 2 fully saturated rings. The lowest BCUT2D eigenvalue weighted by atomic mass is 10.0. The Bertz CT molecular complexity index is 778. The van der Waals surface area contributed by atoms with Crippen molar-refractivity contribution in [3.63, 3.8) is 0 Å². The predicted molar refractivity (Wildman–Crippen MR) is 79.5 cm³/mol. The lowest BCUT2D eigenvalue weighted by Crippen LogP contribution is -2.01. The summed E-state index contributed by atoms with van der Waals surface area (Å²) in [6.45, 7) is 0. The molecule has 0 bridgehead atoms. The summed E-state index contributed by atoms with van der Waals surface area (Å²) in [7, 11) is 0. The van der Waals surface area contributed by atoms with E-state index in [2.05, 4.69) is 32.0 Å². The summed E-state index contributed by atoms with van der Waals surface area (Å²) in [6, 6.07) is 1.82. The van der Waals surface area contributed by atoms with Gasteiger partial charge in [0.2, 0.25) is 6.43 Å². The molecule has 0 aromatic carbocycles. The van der Waals surface area contributed by atoms with E-state index in [1.807, 2.05) is 6.07 Å². The SMILES string of the molecule is FC(F)[C@H]1C[C@@H]1c1cc(-c2cncnc2)nnc1C#CC1CC1. The van der Waals surface area contributed by atoms with Crippen molar-refractivity contribution in [3.8, 4) is 23.1 Å². The lowest BCUT2D eigenvalue weighted by Gasteiger charge is -2.06. The molecule has 116 valence electrons. The van der Waals surface area contributed by atoms with E-state index >= 15 is 0 Å². The average Bonchev–Trinajstić information content (AvgIpc) is 3.47. The lowest BCUT2D eigenvalue weighted by molar-refractivity contribution is 0.120. The van der Waals surface area contributed by atoms with Crippen LogP contribution in [0.2, 0.25) is 0 Å². The molecule has 0 aliphatic heterocycles. The maximum Gasteiger partial charge on any atom is 0.242 e. The Morgan fingerprint density at radius 3 is 2.57 bits per heavy atom. The van der Waals surface area contributed by atoms with E-state index in [1.165, 1.54) is 6.33 Å². The molecule has 2 aliphatic carbocycles. The standard InChI is InChI=1S/C17H14F2N4/c18-17(19)14-5-12(14)13-6-16(11-7-20-9-21-8-11)23-22-15(13)4-3-10-1-2-10/h6-10,12,14,17H,1-2,5H2/t12-,14+/m1/s1. The van der Waals surface area contributed by atoms with Gasteiger partial charge in [-0.05, 0) is 42.7 Å². The summed E-state index contributed by atoms with van der Waals surface area (Å²) < 4.78 is 25.9. The van der Waals surface area contributed by atoms with Crippen LogP contribution in [-0.4, -0.2) is 26.6 Å². The number of hydrogen-bond donors (Lipinski definition) is 0. The van der Waals surface area contributed by atoms with Gasteiger partial charge in [-0.2, -0.15) is 0 Å². The van der Waals surface area contributed by atoms with Crippen LogP contribution in [0.1, 0.15) is 36.4 Å². The quantitative estimate of drug-likeness (QED) is 0.817. The minimum Gasteiger partial charge on any atom is -0.244 e. The van der Waals surface area contributed by atoms with Crippen molar-refractivity contribution in [1.82, 2.24) is 20.2 Å². The second-order valence-corrected chi connectivity index (χ2v) is 6.04. The van der Waals surface area contributed by atoms with Gasteiger partial charge in [0.15, 0.2) is 0 Å². The van der Waals surface area contributed by atoms with Gasteiger partial charge in [-0.25, -0.2) is 18.7 Å². The minimum atomic E-state index is -2.30. The van der Waals surface area contributed by atoms with Crippen LogP contribution in [0.5, 0.6) is 0 Å². The van der Waals surface area contributed by atoms with Gasteiger partial charge in [-0.3, -0.25) is 0 Å². The number of aromatic nitrogens is 4. The van der Waals surface area contributed by atoms with Gasteiger partial charge in [0.25, 0.3) is 0 Å². The van der Waals surface area contributed by atoms with Gasteiger partial charge < -0.3 is 0 Å². The summed E-state index contributed by atoms with van der Waals surface area (Å²) in [5, 5.41) is 8.35. The van der Waals surface area contributed by atoms with Crippen LogP contribution >= 0.6 is 0 Å². The molecule has 0 spiro atoms. The summed E-state index contributed by atoms with van der Waals surface area (Å²) in [5.74, 6) is 5.82. The zero-order valence-corrected chi connectivity index (χ0v) is 12.3. The molecule has 23 heavy (non-hydrogen) atoms. The third-order valence-corrected chi connectivity index (χ3v) is 4.21. The molecule has 0 unspecified atom stereocenters. The average molecular weight is 312 g/mol. The van der Waals surface area contributed by atoms with E-state index in [1.54, 1.807) is 12.4 Å². The van der Waals surface area contributed by atoms with Gasteiger partial charge in [-0.15, -0.1) is 10.2 Å². The zero-order valence-electron chi connectivity index (χ0n) is 12.3. The Balaban J connectivity index is 1.71. The number of nitrogens with zero attached hydrogens (tertiary/aromatic N) is 4. The molecule has 2 aromatic rings. The van der Waals surface area contributed by atoms with Crippen LogP contribution < -0.4 is 0 Å². The molecule has 2 aromatic heterocycles. The van der Waals surface area contributed by atoms with Crippen molar-refractivity contribution in [2.45, 2.75) is 31.6 Å². The fourth-order valence-corrected chi connectivity index (χ4v) is 2.61. The fourth-order valence-electron chi connectivity index (χ4n) is 2.61. The molecule has 0 saturated heterocycles. The molecular weight excluding hydrogens is 298 g/mol. The van der Waals surface area contributed by atoms with Crippen molar-refractivity contribution < 1.29 is 8.78 Å². The number of alkyl halides is 2. The molecule has 2 aliphatic rings. The third-order valence-electron chi connectivity index (χ3n) is 4.21. The molecule has 0 N–H and O–H groups in total. The Morgan fingerprint density at radius 1 is 1.13 bits per heavy atom.